The van der Waals surface area contributed by atoms with Gasteiger partial charge in [0, 0.05) is 35.4 Å². The van der Waals surface area contributed by atoms with Gasteiger partial charge in [-0.15, -0.1) is 0 Å². The van der Waals surface area contributed by atoms with Crippen LogP contribution in [0.25, 0.3) is 0 Å². The molecular weight excluding hydrogens is 458 g/mol. The molecule has 3 N–H and O–H groups in total. The molecule has 7 nitrogen and oxygen atoms in total. The molecule has 0 saturated heterocycles. The predicted octanol–water partition coefficient (Wildman–Crippen LogP) is 4.64. The van der Waals surface area contributed by atoms with E-state index in [0.717, 1.165) is 5.56 Å². The molecule has 0 aliphatic carbocycles. The third-order valence-electron chi connectivity index (χ3n) is 5.45. The molecular formula is C27H23N5O2S. The number of anilines is 2. The van der Waals surface area contributed by atoms with Crippen molar-refractivity contribution in [3.05, 3.63) is 114 Å². The first kappa shape index (κ1) is 23.8. The molecule has 1 aliphatic heterocycles. The van der Waals surface area contributed by atoms with Gasteiger partial charge in [0.1, 0.15) is 0 Å². The number of benzene rings is 2. The zero-order chi connectivity index (χ0) is 24.6. The van der Waals surface area contributed by atoms with Gasteiger partial charge in [0.2, 0.25) is 11.8 Å². The maximum absolute atomic E-state index is 13.4. The standard InChI is InChI=1S/C27H23N5O2S/c1-18-24(26(34)32-21-10-6-3-7-11-21)25(19-12-14-29-15-13-19)22(16-28)27(30-18)35-17-23(33)31-20-8-4-2-5-9-20/h2-15,24-25,30H,1,17H2,(H,31,33)(H,32,34). The van der Waals surface area contributed by atoms with Gasteiger partial charge in [-0.3, -0.25) is 14.6 Å². The fourth-order valence-corrected chi connectivity index (χ4v) is 4.75. The van der Waals surface area contributed by atoms with E-state index in [2.05, 4.69) is 33.6 Å². The Labute approximate surface area is 208 Å². The second-order valence-electron chi connectivity index (χ2n) is 7.80. The maximum atomic E-state index is 13.4. The number of allylic oxidation sites excluding steroid dienone is 1. The summed E-state index contributed by atoms with van der Waals surface area (Å²) in [7, 11) is 0. The lowest BCUT2D eigenvalue weighted by Gasteiger charge is -2.34. The number of amides is 2. The number of hydrogen-bond acceptors (Lipinski definition) is 6. The summed E-state index contributed by atoms with van der Waals surface area (Å²) >= 11 is 1.20. The number of aromatic nitrogens is 1. The van der Waals surface area contributed by atoms with Gasteiger partial charge >= 0.3 is 0 Å². The molecule has 2 amide bonds. The van der Waals surface area contributed by atoms with Crippen LogP contribution in [0.4, 0.5) is 11.4 Å². The van der Waals surface area contributed by atoms with E-state index >= 15 is 0 Å². The Morgan fingerprint density at radius 2 is 1.57 bits per heavy atom. The zero-order valence-corrected chi connectivity index (χ0v) is 19.6. The molecule has 2 atom stereocenters. The Balaban J connectivity index is 1.61. The number of hydrogen-bond donors (Lipinski definition) is 3. The van der Waals surface area contributed by atoms with Gasteiger partial charge in [-0.2, -0.15) is 5.26 Å². The summed E-state index contributed by atoms with van der Waals surface area (Å²) in [6.45, 7) is 4.10. The fourth-order valence-electron chi connectivity index (χ4n) is 3.87. The molecule has 2 heterocycles. The van der Waals surface area contributed by atoms with E-state index in [1.54, 1.807) is 48.8 Å². The first-order valence-corrected chi connectivity index (χ1v) is 11.9. The lowest BCUT2D eigenvalue weighted by Crippen LogP contribution is -2.39. The van der Waals surface area contributed by atoms with Crippen LogP contribution in [-0.4, -0.2) is 22.6 Å². The van der Waals surface area contributed by atoms with E-state index in [4.69, 9.17) is 0 Å². The van der Waals surface area contributed by atoms with Gasteiger partial charge in [0.25, 0.3) is 0 Å². The molecule has 174 valence electrons. The van der Waals surface area contributed by atoms with Crippen molar-refractivity contribution in [2.75, 3.05) is 16.4 Å². The van der Waals surface area contributed by atoms with Gasteiger partial charge < -0.3 is 16.0 Å². The van der Waals surface area contributed by atoms with Crippen LogP contribution < -0.4 is 16.0 Å². The van der Waals surface area contributed by atoms with E-state index in [-0.39, 0.29) is 17.6 Å². The third-order valence-corrected chi connectivity index (χ3v) is 6.47. The second-order valence-corrected chi connectivity index (χ2v) is 8.78. The van der Waals surface area contributed by atoms with E-state index < -0.39 is 11.8 Å². The molecule has 1 aliphatic rings. The molecule has 1 aromatic heterocycles. The van der Waals surface area contributed by atoms with Crippen molar-refractivity contribution in [3.63, 3.8) is 0 Å². The Bertz CT molecular complexity index is 1290. The summed E-state index contributed by atoms with van der Waals surface area (Å²) < 4.78 is 0. The largest absolute Gasteiger partial charge is 0.353 e. The highest BCUT2D eigenvalue weighted by atomic mass is 32.2. The van der Waals surface area contributed by atoms with E-state index in [9.17, 15) is 14.9 Å². The van der Waals surface area contributed by atoms with Crippen molar-refractivity contribution >= 4 is 35.0 Å². The highest BCUT2D eigenvalue weighted by Gasteiger charge is 2.40. The number of thioether (sulfide) groups is 1. The molecule has 2 aromatic carbocycles. The van der Waals surface area contributed by atoms with Gasteiger partial charge in [0.15, 0.2) is 0 Å². The van der Waals surface area contributed by atoms with E-state index in [0.29, 0.717) is 27.7 Å². The summed E-state index contributed by atoms with van der Waals surface area (Å²) in [5.74, 6) is -1.73. The number of pyridine rings is 1. The van der Waals surface area contributed by atoms with Gasteiger partial charge in [-0.25, -0.2) is 0 Å². The fraction of sp³-hybridized carbons (Fsp3) is 0.111. The first-order chi connectivity index (χ1) is 17.1. The summed E-state index contributed by atoms with van der Waals surface area (Å²) in [6, 6.07) is 24.1. The highest BCUT2D eigenvalue weighted by Crippen LogP contribution is 2.42. The third kappa shape index (κ3) is 5.78. The number of nitriles is 1. The van der Waals surface area contributed by atoms with Crippen LogP contribution in [0.15, 0.2) is 108 Å². The van der Waals surface area contributed by atoms with Gasteiger partial charge in [0.05, 0.1) is 28.3 Å². The Morgan fingerprint density at radius 1 is 0.971 bits per heavy atom. The van der Waals surface area contributed by atoms with Crippen LogP contribution in [0.5, 0.6) is 0 Å². The molecule has 3 aromatic rings. The first-order valence-electron chi connectivity index (χ1n) is 10.9. The van der Waals surface area contributed by atoms with Gasteiger partial charge in [-0.1, -0.05) is 54.7 Å². The van der Waals surface area contributed by atoms with Crippen LogP contribution >= 0.6 is 11.8 Å². The van der Waals surface area contributed by atoms with Crippen molar-refractivity contribution in [2.24, 2.45) is 5.92 Å². The Hall–Kier alpha value is -4.35. The number of para-hydroxylation sites is 2. The Morgan fingerprint density at radius 3 is 2.17 bits per heavy atom. The van der Waals surface area contributed by atoms with Crippen molar-refractivity contribution in [3.8, 4) is 6.07 Å². The Kier molecular flexibility index (Phi) is 7.60. The number of nitrogens with one attached hydrogen (secondary N) is 3. The molecule has 0 fully saturated rings. The van der Waals surface area contributed by atoms with Crippen LogP contribution in [0.3, 0.4) is 0 Å². The number of carbonyl (C=O) groups is 2. The van der Waals surface area contributed by atoms with Crippen molar-refractivity contribution in [1.82, 2.24) is 10.3 Å². The molecule has 0 bridgehead atoms. The molecule has 0 spiro atoms. The summed E-state index contributed by atoms with van der Waals surface area (Å²) in [4.78, 5) is 29.9. The normalized spacial score (nSPS) is 17.2. The zero-order valence-electron chi connectivity index (χ0n) is 18.8. The number of rotatable bonds is 7. The van der Waals surface area contributed by atoms with Crippen LogP contribution in [-0.2, 0) is 9.59 Å². The smallest absolute Gasteiger partial charge is 0.234 e. The summed E-state index contributed by atoms with van der Waals surface area (Å²) in [6.07, 6.45) is 3.25. The topological polar surface area (TPSA) is 107 Å². The molecule has 0 saturated carbocycles. The minimum absolute atomic E-state index is 0.0830. The minimum atomic E-state index is -0.741. The lowest BCUT2D eigenvalue weighted by molar-refractivity contribution is -0.119. The van der Waals surface area contributed by atoms with E-state index in [1.807, 2.05) is 36.4 Å². The number of carbonyl (C=O) groups excluding carboxylic acids is 2. The van der Waals surface area contributed by atoms with Crippen molar-refractivity contribution in [1.29, 1.82) is 5.26 Å². The summed E-state index contributed by atoms with van der Waals surface area (Å²) in [5.41, 5.74) is 2.93. The quantitative estimate of drug-likeness (QED) is 0.454. The van der Waals surface area contributed by atoms with Gasteiger partial charge in [-0.05, 0) is 42.0 Å². The molecule has 4 rings (SSSR count). The molecule has 0 radical (unpaired) electrons. The number of nitrogens with zero attached hydrogens (tertiary/aromatic N) is 2. The predicted molar refractivity (Wildman–Crippen MR) is 138 cm³/mol. The van der Waals surface area contributed by atoms with Crippen molar-refractivity contribution in [2.45, 2.75) is 5.92 Å². The minimum Gasteiger partial charge on any atom is -0.353 e. The lowest BCUT2D eigenvalue weighted by atomic mass is 9.77. The van der Waals surface area contributed by atoms with Crippen LogP contribution in [0.2, 0.25) is 0 Å². The second kappa shape index (κ2) is 11.2. The monoisotopic (exact) mass is 481 g/mol. The summed E-state index contributed by atoms with van der Waals surface area (Å²) in [5, 5.41) is 19.5. The average molecular weight is 482 g/mol. The maximum Gasteiger partial charge on any atom is 0.234 e. The highest BCUT2D eigenvalue weighted by molar-refractivity contribution is 8.03. The van der Waals surface area contributed by atoms with Crippen molar-refractivity contribution < 1.29 is 9.59 Å². The van der Waals surface area contributed by atoms with Crippen LogP contribution in [0, 0.1) is 17.2 Å². The van der Waals surface area contributed by atoms with Crippen LogP contribution in [0.1, 0.15) is 11.5 Å². The molecule has 8 heteroatoms. The molecule has 35 heavy (non-hydrogen) atoms. The SMILES string of the molecule is C=C1NC(SCC(=O)Nc2ccccc2)=C(C#N)C(c2ccncc2)C1C(=O)Nc1ccccc1. The molecule has 2 unspecified atom stereocenters. The average Bonchev–Trinajstić information content (AvgIpc) is 2.88. The van der Waals surface area contributed by atoms with E-state index in [1.165, 1.54) is 11.8 Å².